The third-order valence-corrected chi connectivity index (χ3v) is 4.69. The number of hydrogen-bond acceptors (Lipinski definition) is 2. The second-order valence-corrected chi connectivity index (χ2v) is 6.20. The maximum atomic E-state index is 12.4. The van der Waals surface area contributed by atoms with Crippen molar-refractivity contribution >= 4 is 5.91 Å². The molecule has 1 aromatic rings. The molecule has 1 aromatic carbocycles. The van der Waals surface area contributed by atoms with Crippen LogP contribution in [0.25, 0.3) is 0 Å². The van der Waals surface area contributed by atoms with E-state index in [1.807, 2.05) is 18.2 Å². The lowest BCUT2D eigenvalue weighted by atomic mass is 9.85. The molecule has 3 rings (SSSR count). The van der Waals surface area contributed by atoms with Crippen LogP contribution in [0.2, 0.25) is 0 Å². The molecule has 108 valence electrons. The second kappa shape index (κ2) is 5.86. The smallest absolute Gasteiger partial charge is 0.227 e. The van der Waals surface area contributed by atoms with Gasteiger partial charge in [0.25, 0.3) is 0 Å². The number of ether oxygens (including phenoxy) is 1. The Hall–Kier alpha value is -1.51. The van der Waals surface area contributed by atoms with E-state index >= 15 is 0 Å². The molecule has 0 spiro atoms. The molecule has 1 aliphatic heterocycles. The molecule has 2 aliphatic rings. The van der Waals surface area contributed by atoms with Crippen LogP contribution in [0.15, 0.2) is 24.3 Å². The highest BCUT2D eigenvalue weighted by atomic mass is 16.5. The minimum atomic E-state index is -0.0426. The van der Waals surface area contributed by atoms with E-state index in [2.05, 4.69) is 18.3 Å². The van der Waals surface area contributed by atoms with Gasteiger partial charge in [-0.15, -0.1) is 0 Å². The van der Waals surface area contributed by atoms with Crippen LogP contribution in [-0.4, -0.2) is 18.6 Å². The number of nitrogens with one attached hydrogen (secondary N) is 1. The van der Waals surface area contributed by atoms with E-state index < -0.39 is 0 Å². The monoisotopic (exact) mass is 273 g/mol. The van der Waals surface area contributed by atoms with Gasteiger partial charge in [-0.05, 0) is 36.8 Å². The second-order valence-electron chi connectivity index (χ2n) is 6.20. The molecule has 0 radical (unpaired) electrons. The van der Waals surface area contributed by atoms with Gasteiger partial charge in [0.2, 0.25) is 5.91 Å². The highest BCUT2D eigenvalue weighted by Crippen LogP contribution is 2.28. The van der Waals surface area contributed by atoms with E-state index in [4.69, 9.17) is 4.74 Å². The molecular weight excluding hydrogens is 250 g/mol. The summed E-state index contributed by atoms with van der Waals surface area (Å²) in [4.78, 5) is 12.4. The first-order valence-corrected chi connectivity index (χ1v) is 7.75. The van der Waals surface area contributed by atoms with Crippen molar-refractivity contribution in [2.45, 2.75) is 45.1 Å². The van der Waals surface area contributed by atoms with Crippen molar-refractivity contribution < 1.29 is 9.53 Å². The van der Waals surface area contributed by atoms with Gasteiger partial charge in [-0.1, -0.05) is 38.0 Å². The molecule has 3 nitrogen and oxygen atoms in total. The van der Waals surface area contributed by atoms with Crippen LogP contribution in [0.5, 0.6) is 5.75 Å². The number of fused-ring (bicyclic) bond motifs is 1. The van der Waals surface area contributed by atoms with Gasteiger partial charge in [-0.2, -0.15) is 0 Å². The van der Waals surface area contributed by atoms with Gasteiger partial charge in [0, 0.05) is 6.04 Å². The molecule has 1 fully saturated rings. The van der Waals surface area contributed by atoms with Crippen molar-refractivity contribution in [3.8, 4) is 5.75 Å². The fourth-order valence-corrected chi connectivity index (χ4v) is 3.33. The van der Waals surface area contributed by atoms with Gasteiger partial charge in [-0.25, -0.2) is 0 Å². The van der Waals surface area contributed by atoms with Crippen molar-refractivity contribution in [3.05, 3.63) is 29.8 Å². The van der Waals surface area contributed by atoms with Crippen molar-refractivity contribution in [2.75, 3.05) is 6.61 Å². The van der Waals surface area contributed by atoms with Crippen LogP contribution in [0.1, 0.15) is 38.2 Å². The summed E-state index contributed by atoms with van der Waals surface area (Å²) in [5.74, 6) is 1.66. The first-order chi connectivity index (χ1) is 9.74. The van der Waals surface area contributed by atoms with E-state index in [9.17, 15) is 4.79 Å². The summed E-state index contributed by atoms with van der Waals surface area (Å²) in [7, 11) is 0. The Morgan fingerprint density at radius 2 is 2.05 bits per heavy atom. The summed E-state index contributed by atoms with van der Waals surface area (Å²) < 4.78 is 5.71. The summed E-state index contributed by atoms with van der Waals surface area (Å²) in [6.07, 6.45) is 5.68. The lowest BCUT2D eigenvalue weighted by Crippen LogP contribution is -2.46. The SMILES string of the molecule is C[C@@H]1CCCC[C@@H]1NC(=O)[C@H]1COc2ccccc2C1. The van der Waals surface area contributed by atoms with E-state index in [1.54, 1.807) is 0 Å². The number of para-hydroxylation sites is 1. The van der Waals surface area contributed by atoms with Crippen LogP contribution in [0.3, 0.4) is 0 Å². The highest BCUT2D eigenvalue weighted by molar-refractivity contribution is 5.80. The largest absolute Gasteiger partial charge is 0.492 e. The molecule has 0 unspecified atom stereocenters. The Bertz CT molecular complexity index is 486. The van der Waals surface area contributed by atoms with Gasteiger partial charge < -0.3 is 10.1 Å². The zero-order valence-electron chi connectivity index (χ0n) is 12.1. The predicted molar refractivity (Wildman–Crippen MR) is 78.7 cm³/mol. The molecule has 0 bridgehead atoms. The Labute approximate surface area is 120 Å². The number of rotatable bonds is 2. The molecule has 1 aliphatic carbocycles. The molecular formula is C17H23NO2. The van der Waals surface area contributed by atoms with Crippen molar-refractivity contribution in [1.82, 2.24) is 5.32 Å². The third kappa shape index (κ3) is 2.82. The average molecular weight is 273 g/mol. The Balaban J connectivity index is 1.61. The first kappa shape index (κ1) is 13.5. The topological polar surface area (TPSA) is 38.3 Å². The van der Waals surface area contributed by atoms with E-state index in [0.29, 0.717) is 18.6 Å². The van der Waals surface area contributed by atoms with Crippen LogP contribution in [0.4, 0.5) is 0 Å². The quantitative estimate of drug-likeness (QED) is 0.899. The van der Waals surface area contributed by atoms with Gasteiger partial charge >= 0.3 is 0 Å². The van der Waals surface area contributed by atoms with Gasteiger partial charge in [-0.3, -0.25) is 4.79 Å². The molecule has 1 N–H and O–H groups in total. The fraction of sp³-hybridized carbons (Fsp3) is 0.588. The summed E-state index contributed by atoms with van der Waals surface area (Å²) >= 11 is 0. The van der Waals surface area contributed by atoms with Crippen molar-refractivity contribution in [1.29, 1.82) is 0 Å². The number of benzene rings is 1. The van der Waals surface area contributed by atoms with Gasteiger partial charge in [0.05, 0.1) is 5.92 Å². The minimum absolute atomic E-state index is 0.0426. The third-order valence-electron chi connectivity index (χ3n) is 4.69. The molecule has 0 saturated heterocycles. The molecule has 1 heterocycles. The lowest BCUT2D eigenvalue weighted by Gasteiger charge is -2.32. The number of carbonyl (C=O) groups excluding carboxylic acids is 1. The summed E-state index contributed by atoms with van der Waals surface area (Å²) in [5, 5.41) is 3.25. The number of carbonyl (C=O) groups is 1. The van der Waals surface area contributed by atoms with Gasteiger partial charge in [0.15, 0.2) is 0 Å². The maximum absolute atomic E-state index is 12.4. The standard InChI is InChI=1S/C17H23NO2/c1-12-6-2-4-8-15(12)18-17(19)14-10-13-7-3-5-9-16(13)20-11-14/h3,5,7,9,12,14-15H,2,4,6,8,10-11H2,1H3,(H,18,19)/t12-,14-,15+/m1/s1. The number of hydrogen-bond donors (Lipinski definition) is 1. The van der Waals surface area contributed by atoms with Crippen molar-refractivity contribution in [2.24, 2.45) is 11.8 Å². The lowest BCUT2D eigenvalue weighted by molar-refractivity contribution is -0.127. The molecule has 3 atom stereocenters. The Morgan fingerprint density at radius 3 is 2.90 bits per heavy atom. The Kier molecular flexibility index (Phi) is 3.95. The first-order valence-electron chi connectivity index (χ1n) is 7.75. The minimum Gasteiger partial charge on any atom is -0.492 e. The summed E-state index contributed by atoms with van der Waals surface area (Å²) in [6, 6.07) is 8.37. The molecule has 20 heavy (non-hydrogen) atoms. The fourth-order valence-electron chi connectivity index (χ4n) is 3.33. The van der Waals surface area contributed by atoms with Crippen LogP contribution in [0, 0.1) is 11.8 Å². The number of amides is 1. The van der Waals surface area contributed by atoms with E-state index in [1.165, 1.54) is 19.3 Å². The Morgan fingerprint density at radius 1 is 1.25 bits per heavy atom. The molecule has 1 amide bonds. The summed E-state index contributed by atoms with van der Waals surface area (Å²) in [5.41, 5.74) is 1.15. The van der Waals surface area contributed by atoms with Crippen LogP contribution < -0.4 is 10.1 Å². The zero-order valence-corrected chi connectivity index (χ0v) is 12.1. The van der Waals surface area contributed by atoms with Crippen LogP contribution >= 0.6 is 0 Å². The van der Waals surface area contributed by atoms with E-state index in [-0.39, 0.29) is 11.8 Å². The summed E-state index contributed by atoms with van der Waals surface area (Å²) in [6.45, 7) is 2.75. The van der Waals surface area contributed by atoms with E-state index in [0.717, 1.165) is 24.2 Å². The average Bonchev–Trinajstić information content (AvgIpc) is 2.49. The highest BCUT2D eigenvalue weighted by Gasteiger charge is 2.29. The van der Waals surface area contributed by atoms with Crippen molar-refractivity contribution in [3.63, 3.8) is 0 Å². The zero-order chi connectivity index (χ0) is 13.9. The molecule has 0 aromatic heterocycles. The normalized spacial score (nSPS) is 29.1. The predicted octanol–water partition coefficient (Wildman–Crippen LogP) is 2.93. The molecule has 1 saturated carbocycles. The van der Waals surface area contributed by atoms with Crippen LogP contribution in [-0.2, 0) is 11.2 Å². The van der Waals surface area contributed by atoms with Gasteiger partial charge in [0.1, 0.15) is 12.4 Å². The maximum Gasteiger partial charge on any atom is 0.227 e. The molecule has 3 heteroatoms.